The Balaban J connectivity index is 1.49. The molecule has 2 aliphatic rings. The summed E-state index contributed by atoms with van der Waals surface area (Å²) in [5.74, 6) is 0.473. The van der Waals surface area contributed by atoms with Gasteiger partial charge in [0.25, 0.3) is 0 Å². The van der Waals surface area contributed by atoms with Crippen molar-refractivity contribution < 1.29 is 4.79 Å². The lowest BCUT2D eigenvalue weighted by molar-refractivity contribution is -0.136. The first-order valence-electron chi connectivity index (χ1n) is 9.28. The van der Waals surface area contributed by atoms with Gasteiger partial charge in [-0.15, -0.1) is 0 Å². The number of hydrogen-bond donors (Lipinski definition) is 0. The molecule has 3 heterocycles. The molecular weight excluding hydrogens is 302 g/mol. The number of likely N-dealkylation sites (tertiary alicyclic amines) is 2. The van der Waals surface area contributed by atoms with Gasteiger partial charge >= 0.3 is 0 Å². The molecule has 0 saturated carbocycles. The Morgan fingerprint density at radius 3 is 2.75 bits per heavy atom. The maximum absolute atomic E-state index is 12.8. The van der Waals surface area contributed by atoms with Crippen molar-refractivity contribution in [3.63, 3.8) is 0 Å². The van der Waals surface area contributed by atoms with E-state index in [9.17, 15) is 4.79 Å². The van der Waals surface area contributed by atoms with Crippen LogP contribution >= 0.6 is 0 Å². The first-order chi connectivity index (χ1) is 11.6. The second kappa shape index (κ2) is 8.12. The van der Waals surface area contributed by atoms with Crippen molar-refractivity contribution in [1.29, 1.82) is 0 Å². The van der Waals surface area contributed by atoms with Crippen LogP contribution in [0.25, 0.3) is 0 Å². The summed E-state index contributed by atoms with van der Waals surface area (Å²) >= 11 is 0. The summed E-state index contributed by atoms with van der Waals surface area (Å²) in [6, 6.07) is 2.59. The van der Waals surface area contributed by atoms with Gasteiger partial charge in [0.15, 0.2) is 0 Å². The summed E-state index contributed by atoms with van der Waals surface area (Å²) in [5.41, 5.74) is 0. The lowest BCUT2D eigenvalue weighted by atomic mass is 9.93. The molecule has 0 unspecified atom stereocenters. The molecule has 1 atom stereocenters. The Morgan fingerprint density at radius 1 is 1.25 bits per heavy atom. The van der Waals surface area contributed by atoms with Gasteiger partial charge in [-0.2, -0.15) is 5.10 Å². The standard InChI is InChI=1S/C18H31N5O/c1-20-11-6-17(7-12-20)22-9-3-5-16(15-22)18(24)21(2)13-14-23-10-4-8-19-23/h4,8,10,16-17H,3,5-7,9,11-15H2,1-2H3/t16-/m0/s1. The van der Waals surface area contributed by atoms with Crippen LogP contribution in [0.15, 0.2) is 18.5 Å². The highest BCUT2D eigenvalue weighted by Crippen LogP contribution is 2.24. The minimum absolute atomic E-state index is 0.168. The number of likely N-dealkylation sites (N-methyl/N-ethyl adjacent to an activating group) is 1. The Kier molecular flexibility index (Phi) is 5.89. The zero-order chi connectivity index (χ0) is 16.9. The van der Waals surface area contributed by atoms with Crippen molar-refractivity contribution in [3.8, 4) is 0 Å². The van der Waals surface area contributed by atoms with E-state index in [2.05, 4.69) is 21.9 Å². The Bertz CT molecular complexity index is 509. The summed E-state index contributed by atoms with van der Waals surface area (Å²) in [7, 11) is 4.13. The first-order valence-corrected chi connectivity index (χ1v) is 9.28. The smallest absolute Gasteiger partial charge is 0.226 e. The van der Waals surface area contributed by atoms with Gasteiger partial charge in [-0.3, -0.25) is 14.4 Å². The highest BCUT2D eigenvalue weighted by Gasteiger charge is 2.32. The number of amides is 1. The third-order valence-corrected chi connectivity index (χ3v) is 5.61. The van der Waals surface area contributed by atoms with E-state index in [0.717, 1.165) is 39.0 Å². The highest BCUT2D eigenvalue weighted by atomic mass is 16.2. The van der Waals surface area contributed by atoms with Gasteiger partial charge in [-0.25, -0.2) is 0 Å². The van der Waals surface area contributed by atoms with Crippen LogP contribution in [-0.2, 0) is 11.3 Å². The number of piperidine rings is 2. The van der Waals surface area contributed by atoms with Gasteiger partial charge in [0.2, 0.25) is 5.91 Å². The molecule has 0 N–H and O–H groups in total. The largest absolute Gasteiger partial charge is 0.344 e. The molecule has 0 radical (unpaired) electrons. The molecule has 0 bridgehead atoms. The number of rotatable bonds is 5. The van der Waals surface area contributed by atoms with Crippen LogP contribution < -0.4 is 0 Å². The van der Waals surface area contributed by atoms with Gasteiger partial charge in [-0.05, 0) is 58.4 Å². The lowest BCUT2D eigenvalue weighted by Crippen LogP contribution is -2.50. The van der Waals surface area contributed by atoms with Gasteiger partial charge < -0.3 is 9.80 Å². The zero-order valence-electron chi connectivity index (χ0n) is 15.1. The highest BCUT2D eigenvalue weighted by molar-refractivity contribution is 5.78. The molecule has 24 heavy (non-hydrogen) atoms. The summed E-state index contributed by atoms with van der Waals surface area (Å²) < 4.78 is 1.88. The van der Waals surface area contributed by atoms with E-state index in [1.165, 1.54) is 25.9 Å². The molecular formula is C18H31N5O. The predicted octanol–water partition coefficient (Wildman–Crippen LogP) is 1.15. The fourth-order valence-corrected chi connectivity index (χ4v) is 4.01. The minimum Gasteiger partial charge on any atom is -0.344 e. The maximum Gasteiger partial charge on any atom is 0.226 e. The summed E-state index contributed by atoms with van der Waals surface area (Å²) in [5, 5.41) is 4.21. The molecule has 1 aromatic heterocycles. The summed E-state index contributed by atoms with van der Waals surface area (Å²) in [6.45, 7) is 5.97. The molecule has 1 aromatic rings. The Labute approximate surface area is 145 Å². The van der Waals surface area contributed by atoms with E-state index >= 15 is 0 Å². The van der Waals surface area contributed by atoms with E-state index in [1.54, 1.807) is 6.20 Å². The van der Waals surface area contributed by atoms with Gasteiger partial charge in [0.05, 0.1) is 12.5 Å². The summed E-state index contributed by atoms with van der Waals surface area (Å²) in [6.07, 6.45) is 8.39. The van der Waals surface area contributed by atoms with E-state index < -0.39 is 0 Å². The van der Waals surface area contributed by atoms with Crippen LogP contribution in [0.2, 0.25) is 0 Å². The van der Waals surface area contributed by atoms with E-state index in [-0.39, 0.29) is 5.92 Å². The quantitative estimate of drug-likeness (QED) is 0.811. The number of nitrogens with zero attached hydrogens (tertiary/aromatic N) is 5. The molecule has 6 heteroatoms. The molecule has 0 aromatic carbocycles. The molecule has 0 spiro atoms. The molecule has 2 aliphatic heterocycles. The van der Waals surface area contributed by atoms with Crippen molar-refractivity contribution in [2.24, 2.45) is 5.92 Å². The minimum atomic E-state index is 0.168. The lowest BCUT2D eigenvalue weighted by Gasteiger charge is -2.41. The van der Waals surface area contributed by atoms with Gasteiger partial charge in [0, 0.05) is 38.6 Å². The Hall–Kier alpha value is -1.40. The van der Waals surface area contributed by atoms with Crippen LogP contribution in [0.4, 0.5) is 0 Å². The molecule has 1 amide bonds. The van der Waals surface area contributed by atoms with E-state index in [1.807, 2.05) is 28.9 Å². The normalized spacial score (nSPS) is 24.2. The predicted molar refractivity (Wildman–Crippen MR) is 94.7 cm³/mol. The average Bonchev–Trinajstić information content (AvgIpc) is 3.13. The van der Waals surface area contributed by atoms with Gasteiger partial charge in [0.1, 0.15) is 0 Å². The van der Waals surface area contributed by atoms with Crippen LogP contribution in [-0.4, -0.2) is 83.2 Å². The van der Waals surface area contributed by atoms with Crippen molar-refractivity contribution in [1.82, 2.24) is 24.5 Å². The fraction of sp³-hybridized carbons (Fsp3) is 0.778. The molecule has 2 saturated heterocycles. The Morgan fingerprint density at radius 2 is 2.04 bits per heavy atom. The van der Waals surface area contributed by atoms with Crippen LogP contribution in [0, 0.1) is 5.92 Å². The summed E-state index contributed by atoms with van der Waals surface area (Å²) in [4.78, 5) is 19.7. The molecule has 2 fully saturated rings. The third-order valence-electron chi connectivity index (χ3n) is 5.61. The van der Waals surface area contributed by atoms with Crippen LogP contribution in [0.1, 0.15) is 25.7 Å². The molecule has 0 aliphatic carbocycles. The number of carbonyl (C=O) groups is 1. The molecule has 6 nitrogen and oxygen atoms in total. The van der Waals surface area contributed by atoms with Crippen molar-refractivity contribution in [2.45, 2.75) is 38.3 Å². The van der Waals surface area contributed by atoms with Crippen LogP contribution in [0.5, 0.6) is 0 Å². The molecule has 3 rings (SSSR count). The second-order valence-electron chi connectivity index (χ2n) is 7.40. The van der Waals surface area contributed by atoms with E-state index in [4.69, 9.17) is 0 Å². The first kappa shape index (κ1) is 17.4. The third kappa shape index (κ3) is 4.36. The number of carbonyl (C=O) groups excluding carboxylic acids is 1. The number of aromatic nitrogens is 2. The zero-order valence-corrected chi connectivity index (χ0v) is 15.1. The SMILES string of the molecule is CN1CCC(N2CCC[C@H](C(=O)N(C)CCn3cccn3)C2)CC1. The van der Waals surface area contributed by atoms with Gasteiger partial charge in [-0.1, -0.05) is 0 Å². The second-order valence-corrected chi connectivity index (χ2v) is 7.40. The van der Waals surface area contributed by atoms with Crippen molar-refractivity contribution >= 4 is 5.91 Å². The molecule has 134 valence electrons. The van der Waals surface area contributed by atoms with E-state index in [0.29, 0.717) is 11.9 Å². The monoisotopic (exact) mass is 333 g/mol. The van der Waals surface area contributed by atoms with Crippen LogP contribution in [0.3, 0.4) is 0 Å². The average molecular weight is 333 g/mol. The maximum atomic E-state index is 12.8. The van der Waals surface area contributed by atoms with Crippen molar-refractivity contribution in [3.05, 3.63) is 18.5 Å². The fourth-order valence-electron chi connectivity index (χ4n) is 4.01. The topological polar surface area (TPSA) is 44.6 Å². The van der Waals surface area contributed by atoms with Crippen molar-refractivity contribution in [2.75, 3.05) is 46.8 Å². The number of hydrogen-bond acceptors (Lipinski definition) is 4.